The average Bonchev–Trinajstić information content (AvgIpc) is 2.78. The summed E-state index contributed by atoms with van der Waals surface area (Å²) in [5.41, 5.74) is 9.68. The molecule has 0 aliphatic heterocycles. The normalized spacial score (nSPS) is 11.2. The summed E-state index contributed by atoms with van der Waals surface area (Å²) in [5, 5.41) is 0.687. The van der Waals surface area contributed by atoms with Crippen LogP contribution in [0.15, 0.2) is 40.9 Å². The number of nitrogens with zero attached hydrogens (tertiary/aromatic N) is 2. The molecule has 0 radical (unpaired) electrons. The highest BCUT2D eigenvalue weighted by molar-refractivity contribution is 9.10. The number of hydrogen-bond donors (Lipinski definition) is 1. The zero-order chi connectivity index (χ0) is 14.3. The van der Waals surface area contributed by atoms with Gasteiger partial charge in [-0.1, -0.05) is 27.5 Å². The lowest BCUT2D eigenvalue weighted by atomic mass is 10.1. The third-order valence-electron chi connectivity index (χ3n) is 3.28. The largest absolute Gasteiger partial charge is 0.398 e. The van der Waals surface area contributed by atoms with Crippen LogP contribution in [0.1, 0.15) is 6.92 Å². The van der Waals surface area contributed by atoms with Gasteiger partial charge in [-0.05, 0) is 43.3 Å². The molecule has 3 rings (SSSR count). The number of nitrogen functional groups attached to an aromatic ring is 1. The van der Waals surface area contributed by atoms with Crippen molar-refractivity contribution in [1.82, 2.24) is 9.55 Å². The fourth-order valence-electron chi connectivity index (χ4n) is 2.35. The Balaban J connectivity index is 2.32. The van der Waals surface area contributed by atoms with Crippen molar-refractivity contribution in [3.63, 3.8) is 0 Å². The van der Waals surface area contributed by atoms with Crippen molar-refractivity contribution < 1.29 is 0 Å². The molecule has 1 aromatic heterocycles. The average molecular weight is 351 g/mol. The van der Waals surface area contributed by atoms with E-state index in [-0.39, 0.29) is 0 Å². The molecule has 0 atom stereocenters. The first-order chi connectivity index (χ1) is 9.60. The number of halogens is 2. The van der Waals surface area contributed by atoms with E-state index in [1.165, 1.54) is 0 Å². The lowest BCUT2D eigenvalue weighted by molar-refractivity contribution is 0.796. The van der Waals surface area contributed by atoms with E-state index in [9.17, 15) is 0 Å². The van der Waals surface area contributed by atoms with E-state index in [0.29, 0.717) is 10.7 Å². The number of fused-ring (bicyclic) bond motifs is 1. The van der Waals surface area contributed by atoms with E-state index >= 15 is 0 Å². The molecule has 102 valence electrons. The molecule has 0 aliphatic carbocycles. The molecule has 1 heterocycles. The van der Waals surface area contributed by atoms with Gasteiger partial charge in [-0.3, -0.25) is 0 Å². The zero-order valence-corrected chi connectivity index (χ0v) is 13.2. The van der Waals surface area contributed by atoms with Crippen molar-refractivity contribution in [3.05, 3.63) is 45.9 Å². The van der Waals surface area contributed by atoms with Gasteiger partial charge in [0.25, 0.3) is 0 Å². The van der Waals surface area contributed by atoms with Gasteiger partial charge in [0.05, 0.1) is 11.0 Å². The highest BCUT2D eigenvalue weighted by Gasteiger charge is 2.14. The highest BCUT2D eigenvalue weighted by Crippen LogP contribution is 2.32. The molecular formula is C15H13BrClN3. The summed E-state index contributed by atoms with van der Waals surface area (Å²) < 4.78 is 3.12. The van der Waals surface area contributed by atoms with Crippen LogP contribution in [0.3, 0.4) is 0 Å². The standard InChI is InChI=1S/C15H13BrClN3/c1-2-20-14-6-4-10(17)8-13(14)19-15(20)11-7-9(16)3-5-12(11)18/h3-8H,2,18H2,1H3. The lowest BCUT2D eigenvalue weighted by Gasteiger charge is -2.09. The molecule has 2 N–H and O–H groups in total. The van der Waals surface area contributed by atoms with E-state index in [1.54, 1.807) is 0 Å². The Hall–Kier alpha value is -1.52. The predicted octanol–water partition coefficient (Wildman–Crippen LogP) is 4.72. The number of imidazole rings is 1. The second-order valence-corrected chi connectivity index (χ2v) is 5.90. The van der Waals surface area contributed by atoms with Crippen LogP contribution in [-0.2, 0) is 6.54 Å². The van der Waals surface area contributed by atoms with E-state index < -0.39 is 0 Å². The van der Waals surface area contributed by atoms with Crippen LogP contribution in [0.25, 0.3) is 22.4 Å². The first-order valence-corrected chi connectivity index (χ1v) is 7.48. The molecular weight excluding hydrogens is 338 g/mol. The second kappa shape index (κ2) is 5.11. The van der Waals surface area contributed by atoms with Crippen LogP contribution in [-0.4, -0.2) is 9.55 Å². The van der Waals surface area contributed by atoms with Crippen molar-refractivity contribution in [3.8, 4) is 11.4 Å². The summed E-state index contributed by atoms with van der Waals surface area (Å²) in [7, 11) is 0. The number of benzene rings is 2. The van der Waals surface area contributed by atoms with E-state index in [4.69, 9.17) is 22.3 Å². The Morgan fingerprint density at radius 1 is 1.25 bits per heavy atom. The maximum absolute atomic E-state index is 6.10. The smallest absolute Gasteiger partial charge is 0.143 e. The summed E-state index contributed by atoms with van der Waals surface area (Å²) in [6.45, 7) is 2.91. The number of rotatable bonds is 2. The van der Waals surface area contributed by atoms with Crippen LogP contribution in [0.4, 0.5) is 5.69 Å². The molecule has 2 aromatic carbocycles. The molecule has 3 aromatic rings. The third kappa shape index (κ3) is 2.19. The molecule has 3 nitrogen and oxygen atoms in total. The van der Waals surface area contributed by atoms with E-state index in [2.05, 4.69) is 27.4 Å². The fraction of sp³-hybridized carbons (Fsp3) is 0.133. The molecule has 0 spiro atoms. The summed E-state index contributed by atoms with van der Waals surface area (Å²) >= 11 is 9.53. The summed E-state index contributed by atoms with van der Waals surface area (Å²) in [6.07, 6.45) is 0. The van der Waals surface area contributed by atoms with Gasteiger partial charge in [0.1, 0.15) is 5.82 Å². The Kier molecular flexibility index (Phi) is 3.44. The van der Waals surface area contributed by atoms with Gasteiger partial charge in [-0.15, -0.1) is 0 Å². The Labute approximate surface area is 130 Å². The summed E-state index contributed by atoms with van der Waals surface area (Å²) in [4.78, 5) is 4.69. The van der Waals surface area contributed by atoms with Gasteiger partial charge in [-0.25, -0.2) is 4.98 Å². The third-order valence-corrected chi connectivity index (χ3v) is 4.01. The quantitative estimate of drug-likeness (QED) is 0.680. The molecule has 0 bridgehead atoms. The van der Waals surface area contributed by atoms with Crippen LogP contribution in [0, 0.1) is 0 Å². The molecule has 5 heteroatoms. The summed E-state index contributed by atoms with van der Waals surface area (Å²) in [5.74, 6) is 0.864. The van der Waals surface area contributed by atoms with Gasteiger partial charge in [-0.2, -0.15) is 0 Å². The Morgan fingerprint density at radius 3 is 2.80 bits per heavy atom. The molecule has 0 unspecified atom stereocenters. The minimum atomic E-state index is 0.687. The van der Waals surface area contributed by atoms with E-state index in [1.807, 2.05) is 36.4 Å². The summed E-state index contributed by atoms with van der Waals surface area (Å²) in [6, 6.07) is 11.5. The number of aryl methyl sites for hydroxylation is 1. The minimum Gasteiger partial charge on any atom is -0.398 e. The Bertz CT molecular complexity index is 795. The molecule has 0 saturated carbocycles. The first kappa shape index (κ1) is 13.5. The first-order valence-electron chi connectivity index (χ1n) is 6.31. The lowest BCUT2D eigenvalue weighted by Crippen LogP contribution is -2.00. The molecule has 0 fully saturated rings. The molecule has 20 heavy (non-hydrogen) atoms. The highest BCUT2D eigenvalue weighted by atomic mass is 79.9. The fourth-order valence-corrected chi connectivity index (χ4v) is 2.88. The zero-order valence-electron chi connectivity index (χ0n) is 10.9. The van der Waals surface area contributed by atoms with Gasteiger partial charge in [0.2, 0.25) is 0 Å². The number of hydrogen-bond acceptors (Lipinski definition) is 2. The molecule has 0 amide bonds. The maximum atomic E-state index is 6.10. The van der Waals surface area contributed by atoms with Gasteiger partial charge < -0.3 is 10.3 Å². The van der Waals surface area contributed by atoms with Crippen molar-refractivity contribution in [1.29, 1.82) is 0 Å². The van der Waals surface area contributed by atoms with Gasteiger partial charge in [0, 0.05) is 27.3 Å². The van der Waals surface area contributed by atoms with Crippen LogP contribution >= 0.6 is 27.5 Å². The van der Waals surface area contributed by atoms with E-state index in [0.717, 1.165) is 33.4 Å². The predicted molar refractivity (Wildman–Crippen MR) is 88.0 cm³/mol. The topological polar surface area (TPSA) is 43.8 Å². The molecule has 0 aliphatic rings. The van der Waals surface area contributed by atoms with Crippen LogP contribution in [0.2, 0.25) is 5.02 Å². The second-order valence-electron chi connectivity index (χ2n) is 4.54. The van der Waals surface area contributed by atoms with Gasteiger partial charge in [0.15, 0.2) is 0 Å². The van der Waals surface area contributed by atoms with Crippen molar-refractivity contribution in [2.75, 3.05) is 5.73 Å². The molecule has 0 saturated heterocycles. The number of anilines is 1. The van der Waals surface area contributed by atoms with Crippen molar-refractivity contribution in [2.24, 2.45) is 0 Å². The van der Waals surface area contributed by atoms with Crippen molar-refractivity contribution in [2.45, 2.75) is 13.5 Å². The van der Waals surface area contributed by atoms with Crippen LogP contribution in [0.5, 0.6) is 0 Å². The minimum absolute atomic E-state index is 0.687. The number of aromatic nitrogens is 2. The van der Waals surface area contributed by atoms with Gasteiger partial charge >= 0.3 is 0 Å². The van der Waals surface area contributed by atoms with Crippen LogP contribution < -0.4 is 5.73 Å². The van der Waals surface area contributed by atoms with Crippen molar-refractivity contribution >= 4 is 44.3 Å². The SMILES string of the molecule is CCn1c(-c2cc(Br)ccc2N)nc2cc(Cl)ccc21. The number of nitrogens with two attached hydrogens (primary N) is 1. The Morgan fingerprint density at radius 2 is 2.05 bits per heavy atom. The maximum Gasteiger partial charge on any atom is 0.143 e. The monoisotopic (exact) mass is 349 g/mol.